The van der Waals surface area contributed by atoms with E-state index in [9.17, 15) is 35.2 Å². The lowest BCUT2D eigenvalue weighted by molar-refractivity contribution is -0.289. The molecule has 0 N–H and O–H groups in total. The quantitative estimate of drug-likeness (QED) is 0.690. The van der Waals surface area contributed by atoms with Gasteiger partial charge in [-0.25, -0.2) is 18.4 Å². The van der Waals surface area contributed by atoms with Gasteiger partial charge in [0.1, 0.15) is 11.5 Å². The molecule has 0 saturated carbocycles. The van der Waals surface area contributed by atoms with Crippen LogP contribution in [0.3, 0.4) is 0 Å². The Kier molecular flexibility index (Phi) is 5.74. The fourth-order valence-corrected chi connectivity index (χ4v) is 3.19. The molecule has 0 aliphatic carbocycles. The highest BCUT2D eigenvalue weighted by Gasteiger charge is 2.58. The predicted octanol–water partition coefficient (Wildman–Crippen LogP) is 3.20. The number of aromatic nitrogens is 2. The van der Waals surface area contributed by atoms with Crippen LogP contribution in [0, 0.1) is 0 Å². The van der Waals surface area contributed by atoms with Gasteiger partial charge in [0, 0.05) is 25.0 Å². The van der Waals surface area contributed by atoms with Gasteiger partial charge in [-0.05, 0) is 24.3 Å². The maximum atomic E-state index is 13.3. The Labute approximate surface area is 156 Å². The molecule has 12 heteroatoms. The van der Waals surface area contributed by atoms with Crippen molar-refractivity contribution < 1.29 is 35.2 Å². The highest BCUT2D eigenvalue weighted by molar-refractivity contribution is 7.91. The Morgan fingerprint density at radius 3 is 2.25 bits per heavy atom. The first-order chi connectivity index (χ1) is 12.8. The Bertz CT molecular complexity index is 976. The van der Waals surface area contributed by atoms with Crippen LogP contribution in [0.15, 0.2) is 41.6 Å². The standard InChI is InChI=1S/C16H14F5N3O3S/c1-3-28(26,27)11-5-4-8-22-13(11)14(25)24(2)12-7-6-10(9-23-12)15(17,18)16(19,20)21/h4-9H,3H2,1-2H3. The van der Waals surface area contributed by atoms with Gasteiger partial charge in [-0.1, -0.05) is 6.92 Å². The summed E-state index contributed by atoms with van der Waals surface area (Å²) in [7, 11) is -2.63. The third-order valence-electron chi connectivity index (χ3n) is 3.80. The molecule has 152 valence electrons. The zero-order chi connectivity index (χ0) is 21.3. The first kappa shape index (κ1) is 21.7. The van der Waals surface area contributed by atoms with Crippen molar-refractivity contribution in [3.05, 3.63) is 47.9 Å². The number of pyridine rings is 2. The number of halogens is 5. The van der Waals surface area contributed by atoms with E-state index < -0.39 is 39.1 Å². The number of carbonyl (C=O) groups excluding carboxylic acids is 1. The Morgan fingerprint density at radius 2 is 1.75 bits per heavy atom. The molecule has 28 heavy (non-hydrogen) atoms. The van der Waals surface area contributed by atoms with Gasteiger partial charge < -0.3 is 0 Å². The van der Waals surface area contributed by atoms with Gasteiger partial charge in [0.05, 0.1) is 10.6 Å². The maximum Gasteiger partial charge on any atom is 0.458 e. The second-order valence-corrected chi connectivity index (χ2v) is 7.84. The minimum Gasteiger partial charge on any atom is -0.294 e. The molecule has 0 atom stereocenters. The van der Waals surface area contributed by atoms with E-state index in [0.29, 0.717) is 12.3 Å². The summed E-state index contributed by atoms with van der Waals surface area (Å²) in [5, 5.41) is 0. The first-order valence-corrected chi connectivity index (χ1v) is 9.35. The van der Waals surface area contributed by atoms with Gasteiger partial charge in [-0.3, -0.25) is 9.69 Å². The van der Waals surface area contributed by atoms with Crippen molar-refractivity contribution in [3.8, 4) is 0 Å². The van der Waals surface area contributed by atoms with Crippen LogP contribution in [-0.4, -0.2) is 43.3 Å². The summed E-state index contributed by atoms with van der Waals surface area (Å²) in [6, 6.07) is 3.80. The van der Waals surface area contributed by atoms with E-state index in [4.69, 9.17) is 0 Å². The molecule has 0 aliphatic heterocycles. The number of carbonyl (C=O) groups is 1. The van der Waals surface area contributed by atoms with Crippen molar-refractivity contribution in [1.29, 1.82) is 0 Å². The van der Waals surface area contributed by atoms with Crippen LogP contribution in [0.1, 0.15) is 23.0 Å². The number of amides is 1. The van der Waals surface area contributed by atoms with Gasteiger partial charge in [0.2, 0.25) is 0 Å². The van der Waals surface area contributed by atoms with Crippen molar-refractivity contribution in [2.75, 3.05) is 17.7 Å². The summed E-state index contributed by atoms with van der Waals surface area (Å²) < 4.78 is 88.1. The number of anilines is 1. The van der Waals surface area contributed by atoms with Crippen molar-refractivity contribution in [3.63, 3.8) is 0 Å². The Morgan fingerprint density at radius 1 is 1.11 bits per heavy atom. The number of alkyl halides is 5. The lowest BCUT2D eigenvalue weighted by Gasteiger charge is -2.21. The Hall–Kier alpha value is -2.63. The number of hydrogen-bond acceptors (Lipinski definition) is 5. The second-order valence-electron chi connectivity index (χ2n) is 5.59. The molecule has 0 saturated heterocycles. The molecule has 0 aliphatic rings. The van der Waals surface area contributed by atoms with E-state index in [0.717, 1.165) is 18.0 Å². The van der Waals surface area contributed by atoms with Gasteiger partial charge in [0.15, 0.2) is 9.84 Å². The van der Waals surface area contributed by atoms with Crippen LogP contribution in [0.4, 0.5) is 27.8 Å². The van der Waals surface area contributed by atoms with Crippen molar-refractivity contribution in [2.24, 2.45) is 0 Å². The predicted molar refractivity (Wildman–Crippen MR) is 88.9 cm³/mol. The van der Waals surface area contributed by atoms with Crippen LogP contribution in [0.5, 0.6) is 0 Å². The van der Waals surface area contributed by atoms with E-state index >= 15 is 0 Å². The zero-order valence-corrected chi connectivity index (χ0v) is 15.4. The van der Waals surface area contributed by atoms with Crippen LogP contribution in [0.25, 0.3) is 0 Å². The molecule has 2 heterocycles. The van der Waals surface area contributed by atoms with E-state index in [2.05, 4.69) is 9.97 Å². The highest BCUT2D eigenvalue weighted by Crippen LogP contribution is 2.43. The smallest absolute Gasteiger partial charge is 0.294 e. The van der Waals surface area contributed by atoms with Gasteiger partial charge >= 0.3 is 12.1 Å². The average molecular weight is 423 g/mol. The molecule has 6 nitrogen and oxygen atoms in total. The molecule has 0 fully saturated rings. The summed E-state index contributed by atoms with van der Waals surface area (Å²) in [6.07, 6.45) is -4.31. The number of hydrogen-bond donors (Lipinski definition) is 0. The summed E-state index contributed by atoms with van der Waals surface area (Å²) in [5.41, 5.74) is -1.81. The molecule has 0 unspecified atom stereocenters. The lowest BCUT2D eigenvalue weighted by atomic mass is 10.1. The van der Waals surface area contributed by atoms with Crippen LogP contribution in [0.2, 0.25) is 0 Å². The number of rotatable bonds is 5. The maximum absolute atomic E-state index is 13.3. The molecule has 1 amide bonds. The zero-order valence-electron chi connectivity index (χ0n) is 14.5. The third-order valence-corrected chi connectivity index (χ3v) is 5.56. The van der Waals surface area contributed by atoms with E-state index in [1.165, 1.54) is 25.3 Å². The fourth-order valence-electron chi connectivity index (χ4n) is 2.15. The molecule has 2 aromatic rings. The fraction of sp³-hybridized carbons (Fsp3) is 0.312. The molecule has 2 aromatic heterocycles. The van der Waals surface area contributed by atoms with Crippen LogP contribution < -0.4 is 4.90 Å². The molecule has 0 aromatic carbocycles. The minimum atomic E-state index is -5.80. The molecule has 0 radical (unpaired) electrons. The van der Waals surface area contributed by atoms with E-state index in [1.54, 1.807) is 0 Å². The molecular weight excluding hydrogens is 409 g/mol. The largest absolute Gasteiger partial charge is 0.458 e. The Balaban J connectivity index is 2.38. The van der Waals surface area contributed by atoms with E-state index in [-0.39, 0.29) is 16.5 Å². The van der Waals surface area contributed by atoms with E-state index in [1.807, 2.05) is 0 Å². The SMILES string of the molecule is CCS(=O)(=O)c1cccnc1C(=O)N(C)c1ccc(C(F)(F)C(F)(F)F)cn1. The molecule has 0 spiro atoms. The van der Waals surface area contributed by atoms with Crippen molar-refractivity contribution in [2.45, 2.75) is 23.9 Å². The monoisotopic (exact) mass is 423 g/mol. The third kappa shape index (κ3) is 3.96. The van der Waals surface area contributed by atoms with Crippen molar-refractivity contribution >= 4 is 21.6 Å². The summed E-state index contributed by atoms with van der Waals surface area (Å²) >= 11 is 0. The highest BCUT2D eigenvalue weighted by atomic mass is 32.2. The molecule has 0 bridgehead atoms. The van der Waals surface area contributed by atoms with Gasteiger partial charge in [-0.15, -0.1) is 0 Å². The van der Waals surface area contributed by atoms with Gasteiger partial charge in [-0.2, -0.15) is 22.0 Å². The van der Waals surface area contributed by atoms with Gasteiger partial charge in [0.25, 0.3) is 5.91 Å². The average Bonchev–Trinajstić information content (AvgIpc) is 2.66. The van der Waals surface area contributed by atoms with Crippen LogP contribution in [-0.2, 0) is 15.8 Å². The topological polar surface area (TPSA) is 80.2 Å². The number of sulfone groups is 1. The normalized spacial score (nSPS) is 12.7. The lowest BCUT2D eigenvalue weighted by Crippen LogP contribution is -2.34. The summed E-state index contributed by atoms with van der Waals surface area (Å²) in [6.45, 7) is 1.38. The van der Waals surface area contributed by atoms with Crippen molar-refractivity contribution in [1.82, 2.24) is 9.97 Å². The summed E-state index contributed by atoms with van der Waals surface area (Å²) in [4.78, 5) is 20.3. The first-order valence-electron chi connectivity index (χ1n) is 7.70. The second kappa shape index (κ2) is 7.41. The molecule has 2 rings (SSSR count). The number of nitrogens with zero attached hydrogens (tertiary/aromatic N) is 3. The minimum absolute atomic E-state index is 0.266. The summed E-state index contributed by atoms with van der Waals surface area (Å²) in [5.74, 6) is -6.58. The molecular formula is C16H14F5N3O3S. The van der Waals surface area contributed by atoms with Crippen LogP contribution >= 0.6 is 0 Å².